The Labute approximate surface area is 134 Å². The van der Waals surface area contributed by atoms with E-state index in [0.717, 1.165) is 18.5 Å². The third-order valence-electron chi connectivity index (χ3n) is 4.17. The molecule has 0 unspecified atom stereocenters. The molecule has 0 radical (unpaired) electrons. The molecule has 5 nitrogen and oxygen atoms in total. The lowest BCUT2D eigenvalue weighted by Crippen LogP contribution is -2.38. The molecule has 0 spiro atoms. The Morgan fingerprint density at radius 2 is 1.74 bits per heavy atom. The van der Waals surface area contributed by atoms with Crippen LogP contribution in [0.15, 0.2) is 48.5 Å². The highest BCUT2D eigenvalue weighted by molar-refractivity contribution is 6.05. The van der Waals surface area contributed by atoms with Gasteiger partial charge in [0.05, 0.1) is 0 Å². The smallest absolute Gasteiger partial charge is 0.354 e. The van der Waals surface area contributed by atoms with Crippen molar-refractivity contribution in [3.8, 4) is 0 Å². The molecule has 5 heteroatoms. The van der Waals surface area contributed by atoms with Gasteiger partial charge in [-0.15, -0.1) is 0 Å². The van der Waals surface area contributed by atoms with Gasteiger partial charge in [-0.25, -0.2) is 9.78 Å². The molecule has 1 aromatic heterocycles. The van der Waals surface area contributed by atoms with Crippen LogP contribution in [-0.2, 0) is 0 Å². The molecule has 3 rings (SSSR count). The number of para-hydroxylation sites is 1. The largest absolute Gasteiger partial charge is 0.477 e. The summed E-state index contributed by atoms with van der Waals surface area (Å²) in [4.78, 5) is 29.6. The number of aromatic nitrogens is 1. The summed E-state index contributed by atoms with van der Waals surface area (Å²) >= 11 is 0. The van der Waals surface area contributed by atoms with Gasteiger partial charge < -0.3 is 10.0 Å². The van der Waals surface area contributed by atoms with Crippen LogP contribution in [0.4, 0.5) is 5.69 Å². The normalized spacial score (nSPS) is 14.1. The number of hydrogen-bond acceptors (Lipinski definition) is 3. The standard InChI is InChI=1S/C18H18N2O3/c21-17(15-10-5-11-16(19-15)18(22)23)20(12-13-6-4-7-13)14-8-2-1-3-9-14/h1-3,5,8-11,13H,4,6-7,12H2,(H,22,23). The zero-order valence-electron chi connectivity index (χ0n) is 12.7. The number of carbonyl (C=O) groups excluding carboxylic acids is 1. The van der Waals surface area contributed by atoms with Gasteiger partial charge in [0.15, 0.2) is 0 Å². The zero-order valence-corrected chi connectivity index (χ0v) is 12.7. The van der Waals surface area contributed by atoms with Gasteiger partial charge >= 0.3 is 5.97 Å². The lowest BCUT2D eigenvalue weighted by molar-refractivity contribution is 0.0690. The van der Waals surface area contributed by atoms with E-state index in [2.05, 4.69) is 4.98 Å². The molecule has 1 heterocycles. The fourth-order valence-electron chi connectivity index (χ4n) is 2.66. The number of aromatic carboxylic acids is 1. The molecule has 23 heavy (non-hydrogen) atoms. The van der Waals surface area contributed by atoms with E-state index in [0.29, 0.717) is 12.5 Å². The van der Waals surface area contributed by atoms with E-state index in [1.54, 1.807) is 17.0 Å². The zero-order chi connectivity index (χ0) is 16.2. The summed E-state index contributed by atoms with van der Waals surface area (Å²) in [5.41, 5.74) is 0.854. The van der Waals surface area contributed by atoms with Crippen LogP contribution in [0.25, 0.3) is 0 Å². The Hall–Kier alpha value is -2.69. The van der Waals surface area contributed by atoms with Crippen LogP contribution >= 0.6 is 0 Å². The Morgan fingerprint density at radius 3 is 2.35 bits per heavy atom. The summed E-state index contributed by atoms with van der Waals surface area (Å²) in [5.74, 6) is -0.891. The van der Waals surface area contributed by atoms with Gasteiger partial charge in [0, 0.05) is 12.2 Å². The monoisotopic (exact) mass is 310 g/mol. The van der Waals surface area contributed by atoms with Crippen molar-refractivity contribution in [1.29, 1.82) is 0 Å². The van der Waals surface area contributed by atoms with Crippen molar-refractivity contribution in [2.75, 3.05) is 11.4 Å². The van der Waals surface area contributed by atoms with Gasteiger partial charge in [-0.05, 0) is 43.0 Å². The molecule has 2 aromatic rings. The number of benzene rings is 1. The maximum atomic E-state index is 12.9. The molecule has 1 fully saturated rings. The molecule has 1 aliphatic rings. The van der Waals surface area contributed by atoms with Crippen LogP contribution in [0.3, 0.4) is 0 Å². The summed E-state index contributed by atoms with van der Waals surface area (Å²) in [6.45, 7) is 0.641. The van der Waals surface area contributed by atoms with Crippen LogP contribution < -0.4 is 4.90 Å². The molecule has 1 amide bonds. The number of amides is 1. The van der Waals surface area contributed by atoms with Crippen LogP contribution in [-0.4, -0.2) is 28.5 Å². The fraction of sp³-hybridized carbons (Fsp3) is 0.278. The van der Waals surface area contributed by atoms with Gasteiger partial charge in [-0.1, -0.05) is 30.7 Å². The Kier molecular flexibility index (Phi) is 4.37. The van der Waals surface area contributed by atoms with Crippen molar-refractivity contribution in [1.82, 2.24) is 4.98 Å². The minimum Gasteiger partial charge on any atom is -0.477 e. The molecule has 1 N–H and O–H groups in total. The van der Waals surface area contributed by atoms with E-state index in [1.165, 1.54) is 12.5 Å². The second kappa shape index (κ2) is 6.60. The number of carboxylic acids is 1. The molecule has 0 bridgehead atoms. The Balaban J connectivity index is 1.90. The summed E-state index contributed by atoms with van der Waals surface area (Å²) in [6.07, 6.45) is 3.45. The highest BCUT2D eigenvalue weighted by Gasteiger charge is 2.26. The highest BCUT2D eigenvalue weighted by Crippen LogP contribution is 2.29. The molecule has 0 saturated heterocycles. The quantitative estimate of drug-likeness (QED) is 0.920. The van der Waals surface area contributed by atoms with Crippen LogP contribution in [0.2, 0.25) is 0 Å². The topological polar surface area (TPSA) is 70.5 Å². The highest BCUT2D eigenvalue weighted by atomic mass is 16.4. The number of anilines is 1. The molecule has 0 atom stereocenters. The molecule has 118 valence electrons. The van der Waals surface area contributed by atoms with Gasteiger partial charge in [-0.3, -0.25) is 4.79 Å². The minimum absolute atomic E-state index is 0.118. The third kappa shape index (κ3) is 3.39. The van der Waals surface area contributed by atoms with Gasteiger partial charge in [-0.2, -0.15) is 0 Å². The van der Waals surface area contributed by atoms with E-state index in [-0.39, 0.29) is 17.3 Å². The van der Waals surface area contributed by atoms with E-state index in [4.69, 9.17) is 5.11 Å². The van der Waals surface area contributed by atoms with E-state index >= 15 is 0 Å². The number of pyridine rings is 1. The Morgan fingerprint density at radius 1 is 1.04 bits per heavy atom. The minimum atomic E-state index is -1.13. The predicted octanol–water partition coefficient (Wildman–Crippen LogP) is 3.23. The summed E-state index contributed by atoms with van der Waals surface area (Å²) < 4.78 is 0. The number of hydrogen-bond donors (Lipinski definition) is 1. The van der Waals surface area contributed by atoms with Crippen molar-refractivity contribution >= 4 is 17.6 Å². The molecule has 1 saturated carbocycles. The van der Waals surface area contributed by atoms with Crippen LogP contribution in [0.1, 0.15) is 40.2 Å². The molecule has 1 aliphatic carbocycles. The second-order valence-electron chi connectivity index (χ2n) is 5.76. The lowest BCUT2D eigenvalue weighted by atomic mass is 9.85. The average molecular weight is 310 g/mol. The number of carboxylic acid groups (broad SMARTS) is 1. The van der Waals surface area contributed by atoms with E-state index in [9.17, 15) is 9.59 Å². The first kappa shape index (κ1) is 15.2. The first-order chi connectivity index (χ1) is 11.1. The summed E-state index contributed by atoms with van der Waals surface area (Å²) in [7, 11) is 0. The predicted molar refractivity (Wildman–Crippen MR) is 86.7 cm³/mol. The van der Waals surface area contributed by atoms with Crippen molar-refractivity contribution in [3.63, 3.8) is 0 Å². The van der Waals surface area contributed by atoms with Crippen molar-refractivity contribution in [3.05, 3.63) is 59.9 Å². The van der Waals surface area contributed by atoms with Gasteiger partial charge in [0.1, 0.15) is 11.4 Å². The number of nitrogens with zero attached hydrogens (tertiary/aromatic N) is 2. The van der Waals surface area contributed by atoms with Gasteiger partial charge in [0.25, 0.3) is 5.91 Å². The lowest BCUT2D eigenvalue weighted by Gasteiger charge is -2.32. The fourth-order valence-corrected chi connectivity index (χ4v) is 2.66. The first-order valence-electron chi connectivity index (χ1n) is 7.72. The maximum absolute atomic E-state index is 12.9. The second-order valence-corrected chi connectivity index (χ2v) is 5.76. The van der Waals surface area contributed by atoms with Crippen LogP contribution in [0.5, 0.6) is 0 Å². The molecule has 0 aliphatic heterocycles. The number of rotatable bonds is 5. The van der Waals surface area contributed by atoms with E-state index in [1.807, 2.05) is 30.3 Å². The number of carbonyl (C=O) groups is 2. The Bertz CT molecular complexity index is 711. The van der Waals surface area contributed by atoms with Crippen LogP contribution in [0, 0.1) is 5.92 Å². The van der Waals surface area contributed by atoms with Gasteiger partial charge in [0.2, 0.25) is 0 Å². The maximum Gasteiger partial charge on any atom is 0.354 e. The summed E-state index contributed by atoms with van der Waals surface area (Å²) in [6, 6.07) is 13.9. The van der Waals surface area contributed by atoms with E-state index < -0.39 is 5.97 Å². The SMILES string of the molecule is O=C(O)c1cccc(C(=O)N(CC2CCC2)c2ccccc2)n1. The van der Waals surface area contributed by atoms with Crippen molar-refractivity contribution < 1.29 is 14.7 Å². The average Bonchev–Trinajstić information content (AvgIpc) is 2.54. The van der Waals surface area contributed by atoms with Crippen molar-refractivity contribution in [2.45, 2.75) is 19.3 Å². The molecule has 1 aromatic carbocycles. The summed E-state index contributed by atoms with van der Waals surface area (Å²) in [5, 5.41) is 9.05. The molecular weight excluding hydrogens is 292 g/mol. The third-order valence-corrected chi connectivity index (χ3v) is 4.17. The first-order valence-corrected chi connectivity index (χ1v) is 7.72. The molecular formula is C18H18N2O3. The van der Waals surface area contributed by atoms with Crippen molar-refractivity contribution in [2.24, 2.45) is 5.92 Å².